The van der Waals surface area contributed by atoms with Gasteiger partial charge in [0.2, 0.25) is 0 Å². The molecule has 1 aromatic rings. The van der Waals surface area contributed by atoms with Gasteiger partial charge in [0, 0.05) is 24.2 Å². The van der Waals surface area contributed by atoms with Gasteiger partial charge in [-0.05, 0) is 24.9 Å². The fourth-order valence-corrected chi connectivity index (χ4v) is 2.28. The number of likely N-dealkylation sites (N-methyl/N-ethyl adjacent to an activating group) is 1. The van der Waals surface area contributed by atoms with Crippen LogP contribution in [0.5, 0.6) is 0 Å². The molecule has 0 fully saturated rings. The Bertz CT molecular complexity index is 409. The first-order valence-electron chi connectivity index (χ1n) is 6.98. The summed E-state index contributed by atoms with van der Waals surface area (Å²) in [6.45, 7) is 9.17. The van der Waals surface area contributed by atoms with Gasteiger partial charge in [0.15, 0.2) is 0 Å². The molecule has 0 bridgehead atoms. The molecular weight excluding hydrogens is 258 g/mol. The average Bonchev–Trinajstić information content (AvgIpc) is 2.38. The van der Waals surface area contributed by atoms with E-state index in [0.29, 0.717) is 12.6 Å². The lowest BCUT2D eigenvalue weighted by atomic mass is 9.86. The molecule has 0 amide bonds. The molecule has 20 heavy (non-hydrogen) atoms. The molecule has 0 aliphatic heterocycles. The summed E-state index contributed by atoms with van der Waals surface area (Å²) in [4.78, 5) is 2.22. The van der Waals surface area contributed by atoms with Crippen molar-refractivity contribution < 1.29 is 8.78 Å². The lowest BCUT2D eigenvalue weighted by Gasteiger charge is -2.40. The molecule has 2 N–H and O–H groups in total. The summed E-state index contributed by atoms with van der Waals surface area (Å²) in [6, 6.07) is 6.84. The highest BCUT2D eigenvalue weighted by Gasteiger charge is 2.28. The summed E-state index contributed by atoms with van der Waals surface area (Å²) in [5, 5.41) is 0. The van der Waals surface area contributed by atoms with E-state index < -0.39 is 6.43 Å². The summed E-state index contributed by atoms with van der Waals surface area (Å²) in [5.41, 5.74) is 7.06. The molecule has 0 radical (unpaired) electrons. The Hall–Kier alpha value is -1.00. The van der Waals surface area contributed by atoms with E-state index in [9.17, 15) is 8.78 Å². The number of hydrogen-bond acceptors (Lipinski definition) is 2. The fourth-order valence-electron chi connectivity index (χ4n) is 2.28. The second-order valence-corrected chi connectivity index (χ2v) is 6.43. The number of rotatable bonds is 5. The lowest BCUT2D eigenvalue weighted by Crippen LogP contribution is -2.43. The highest BCUT2D eigenvalue weighted by Crippen LogP contribution is 2.30. The summed E-state index contributed by atoms with van der Waals surface area (Å²) in [7, 11) is 2.04. The molecule has 4 heteroatoms. The van der Waals surface area contributed by atoms with Crippen molar-refractivity contribution in [3.05, 3.63) is 35.4 Å². The molecule has 1 aromatic carbocycles. The summed E-state index contributed by atoms with van der Waals surface area (Å²) in [6.07, 6.45) is -2.42. The minimum Gasteiger partial charge on any atom is -0.329 e. The van der Waals surface area contributed by atoms with Crippen LogP contribution in [0.4, 0.5) is 8.78 Å². The van der Waals surface area contributed by atoms with Crippen LogP contribution < -0.4 is 5.73 Å². The first kappa shape index (κ1) is 17.1. The molecular formula is C16H26F2N2. The highest BCUT2D eigenvalue weighted by atomic mass is 19.3. The maximum Gasteiger partial charge on any atom is 0.263 e. The van der Waals surface area contributed by atoms with Crippen LogP contribution in [0.2, 0.25) is 0 Å². The Labute approximate surface area is 121 Å². The molecule has 0 saturated carbocycles. The van der Waals surface area contributed by atoms with E-state index in [1.807, 2.05) is 7.05 Å². The van der Waals surface area contributed by atoms with Crippen LogP contribution >= 0.6 is 0 Å². The lowest BCUT2D eigenvalue weighted by molar-refractivity contribution is 0.100. The van der Waals surface area contributed by atoms with E-state index in [-0.39, 0.29) is 17.0 Å². The van der Waals surface area contributed by atoms with Crippen molar-refractivity contribution in [3.63, 3.8) is 0 Å². The van der Waals surface area contributed by atoms with E-state index in [1.165, 1.54) is 12.1 Å². The van der Waals surface area contributed by atoms with Crippen LogP contribution in [-0.2, 0) is 0 Å². The second-order valence-electron chi connectivity index (χ2n) is 6.43. The molecule has 0 aromatic heterocycles. The largest absolute Gasteiger partial charge is 0.329 e. The summed E-state index contributed by atoms with van der Waals surface area (Å²) in [5.74, 6) is 0. The number of halogens is 2. The number of nitrogens with zero attached hydrogens (tertiary/aromatic N) is 1. The Morgan fingerprint density at radius 3 is 1.90 bits per heavy atom. The molecule has 0 saturated heterocycles. The van der Waals surface area contributed by atoms with Crippen molar-refractivity contribution >= 4 is 0 Å². The molecule has 2 atom stereocenters. The van der Waals surface area contributed by atoms with E-state index in [1.54, 1.807) is 12.1 Å². The third kappa shape index (κ3) is 4.00. The Kier molecular flexibility index (Phi) is 5.66. The quantitative estimate of drug-likeness (QED) is 0.886. The van der Waals surface area contributed by atoms with E-state index in [4.69, 9.17) is 5.73 Å². The van der Waals surface area contributed by atoms with Gasteiger partial charge in [0.1, 0.15) is 0 Å². The topological polar surface area (TPSA) is 29.3 Å². The Morgan fingerprint density at radius 2 is 1.55 bits per heavy atom. The third-order valence-corrected chi connectivity index (χ3v) is 4.15. The predicted octanol–water partition coefficient (Wildman–Crippen LogP) is 3.99. The normalized spacial score (nSPS) is 15.7. The van der Waals surface area contributed by atoms with Crippen LogP contribution in [0.15, 0.2) is 24.3 Å². The number of alkyl halides is 2. The minimum atomic E-state index is -2.42. The molecule has 0 aliphatic carbocycles. The first-order chi connectivity index (χ1) is 9.18. The first-order valence-corrected chi connectivity index (χ1v) is 6.98. The van der Waals surface area contributed by atoms with Gasteiger partial charge in [0.25, 0.3) is 6.43 Å². The number of hydrogen-bond donors (Lipinski definition) is 1. The van der Waals surface area contributed by atoms with E-state index >= 15 is 0 Å². The van der Waals surface area contributed by atoms with Gasteiger partial charge in [-0.15, -0.1) is 0 Å². The zero-order valence-corrected chi connectivity index (χ0v) is 13.0. The summed E-state index contributed by atoms with van der Waals surface area (Å²) >= 11 is 0. The molecule has 0 spiro atoms. The maximum absolute atomic E-state index is 12.6. The van der Waals surface area contributed by atoms with E-state index in [2.05, 4.69) is 32.6 Å². The molecule has 0 aliphatic rings. The van der Waals surface area contributed by atoms with Gasteiger partial charge in [-0.2, -0.15) is 0 Å². The highest BCUT2D eigenvalue weighted by molar-refractivity contribution is 5.26. The van der Waals surface area contributed by atoms with Crippen LogP contribution in [0.25, 0.3) is 0 Å². The molecule has 1 rings (SSSR count). The Balaban J connectivity index is 2.95. The van der Waals surface area contributed by atoms with E-state index in [0.717, 1.165) is 5.56 Å². The van der Waals surface area contributed by atoms with Gasteiger partial charge in [0.05, 0.1) is 0 Å². The van der Waals surface area contributed by atoms with Crippen LogP contribution in [0.1, 0.15) is 51.3 Å². The fraction of sp³-hybridized carbons (Fsp3) is 0.625. The van der Waals surface area contributed by atoms with Gasteiger partial charge in [-0.25, -0.2) is 8.78 Å². The summed E-state index contributed by atoms with van der Waals surface area (Å²) < 4.78 is 25.2. The predicted molar refractivity (Wildman–Crippen MR) is 79.9 cm³/mol. The van der Waals surface area contributed by atoms with Gasteiger partial charge < -0.3 is 5.73 Å². The smallest absolute Gasteiger partial charge is 0.263 e. The molecule has 114 valence electrons. The standard InChI is InChI=1S/C16H26F2N2/c1-11(16(2,3)4)20(5)14(10-19)12-6-8-13(9-7-12)15(17)18/h6-9,11,14-15H,10,19H2,1-5H3. The molecule has 2 unspecified atom stereocenters. The van der Waals surface area contributed by atoms with Crippen LogP contribution in [-0.4, -0.2) is 24.5 Å². The maximum atomic E-state index is 12.6. The van der Waals surface area contributed by atoms with Crippen molar-refractivity contribution in [1.29, 1.82) is 0 Å². The number of benzene rings is 1. The van der Waals surface area contributed by atoms with Crippen molar-refractivity contribution in [2.75, 3.05) is 13.6 Å². The average molecular weight is 284 g/mol. The zero-order chi connectivity index (χ0) is 15.5. The van der Waals surface area contributed by atoms with Crippen molar-refractivity contribution in [2.24, 2.45) is 11.1 Å². The van der Waals surface area contributed by atoms with Crippen molar-refractivity contribution in [3.8, 4) is 0 Å². The third-order valence-electron chi connectivity index (χ3n) is 4.15. The van der Waals surface area contributed by atoms with Crippen LogP contribution in [0.3, 0.4) is 0 Å². The van der Waals surface area contributed by atoms with Crippen molar-refractivity contribution in [2.45, 2.75) is 46.2 Å². The minimum absolute atomic E-state index is 0.0379. The SMILES string of the molecule is CC(N(C)C(CN)c1ccc(C(F)F)cc1)C(C)(C)C. The second kappa shape index (κ2) is 6.64. The monoisotopic (exact) mass is 284 g/mol. The molecule has 0 heterocycles. The van der Waals surface area contributed by atoms with Gasteiger partial charge in [-0.3, -0.25) is 4.90 Å². The van der Waals surface area contributed by atoms with Gasteiger partial charge in [-0.1, -0.05) is 45.0 Å². The molecule has 2 nitrogen and oxygen atoms in total. The Morgan fingerprint density at radius 1 is 1.10 bits per heavy atom. The van der Waals surface area contributed by atoms with Gasteiger partial charge >= 0.3 is 0 Å². The van der Waals surface area contributed by atoms with Crippen molar-refractivity contribution in [1.82, 2.24) is 4.90 Å². The zero-order valence-electron chi connectivity index (χ0n) is 13.0. The van der Waals surface area contributed by atoms with Crippen LogP contribution in [0, 0.1) is 5.41 Å². The number of nitrogens with two attached hydrogens (primary N) is 1.